The van der Waals surface area contributed by atoms with E-state index >= 15 is 0 Å². The van der Waals surface area contributed by atoms with E-state index < -0.39 is 22.1 Å². The van der Waals surface area contributed by atoms with Crippen molar-refractivity contribution in [3.63, 3.8) is 0 Å². The van der Waals surface area contributed by atoms with Crippen molar-refractivity contribution in [1.82, 2.24) is 0 Å². The first kappa shape index (κ1) is 13.8. The maximum Gasteiger partial charge on any atom is 0.471 e. The van der Waals surface area contributed by atoms with Crippen LogP contribution in [0.4, 0.5) is 13.2 Å². The minimum atomic E-state index is -4.65. The summed E-state index contributed by atoms with van der Waals surface area (Å²) in [6, 6.07) is 6.79. The number of hydrogen-bond acceptors (Lipinski definition) is 2. The zero-order valence-corrected chi connectivity index (χ0v) is 9.85. The van der Waals surface area contributed by atoms with Crippen LogP contribution in [0.1, 0.15) is 5.56 Å². The van der Waals surface area contributed by atoms with E-state index in [0.717, 1.165) is 5.56 Å². The van der Waals surface area contributed by atoms with E-state index in [1.807, 2.05) is 0 Å². The van der Waals surface area contributed by atoms with Crippen LogP contribution in [0.5, 0.6) is 5.75 Å². The number of halogens is 3. The molecule has 0 radical (unpaired) electrons. The minimum Gasteiger partial charge on any atom is -0.497 e. The number of alkyl halides is 3. The summed E-state index contributed by atoms with van der Waals surface area (Å²) in [7, 11) is -1.30. The van der Waals surface area contributed by atoms with Crippen molar-refractivity contribution in [2.75, 3.05) is 12.9 Å². The summed E-state index contributed by atoms with van der Waals surface area (Å²) in [6.07, 6.45) is 2.73. The number of methoxy groups -OCH3 is 1. The summed E-state index contributed by atoms with van der Waals surface area (Å²) in [5.41, 5.74) is -3.92. The van der Waals surface area contributed by atoms with Gasteiger partial charge in [-0.3, -0.25) is 4.21 Å². The fraction of sp³-hybridized carbons (Fsp3) is 0.273. The quantitative estimate of drug-likeness (QED) is 0.835. The van der Waals surface area contributed by atoms with Gasteiger partial charge in [-0.1, -0.05) is 24.3 Å². The van der Waals surface area contributed by atoms with Crippen LogP contribution in [0.2, 0.25) is 0 Å². The van der Waals surface area contributed by atoms with Crippen molar-refractivity contribution in [3.05, 3.63) is 35.9 Å². The molecule has 0 saturated heterocycles. The molecule has 1 atom stereocenters. The van der Waals surface area contributed by atoms with E-state index in [2.05, 4.69) is 0 Å². The lowest BCUT2D eigenvalue weighted by atomic mass is 10.2. The van der Waals surface area contributed by atoms with E-state index in [0.29, 0.717) is 5.75 Å². The van der Waals surface area contributed by atoms with Crippen molar-refractivity contribution in [1.29, 1.82) is 0 Å². The Hall–Kier alpha value is -1.30. The molecule has 0 aliphatic heterocycles. The maximum absolute atomic E-state index is 11.9. The average molecular weight is 264 g/mol. The van der Waals surface area contributed by atoms with Crippen LogP contribution in [-0.2, 0) is 10.8 Å². The van der Waals surface area contributed by atoms with Gasteiger partial charge in [0.1, 0.15) is 16.5 Å². The third-order valence-electron chi connectivity index (χ3n) is 1.93. The number of benzene rings is 1. The van der Waals surface area contributed by atoms with Gasteiger partial charge in [-0.05, 0) is 17.7 Å². The second-order valence-electron chi connectivity index (χ2n) is 3.13. The van der Waals surface area contributed by atoms with Gasteiger partial charge >= 0.3 is 5.51 Å². The summed E-state index contributed by atoms with van der Waals surface area (Å²) >= 11 is 0. The van der Waals surface area contributed by atoms with Gasteiger partial charge in [-0.25, -0.2) is 0 Å². The lowest BCUT2D eigenvalue weighted by molar-refractivity contribution is -0.0382. The third kappa shape index (κ3) is 4.60. The lowest BCUT2D eigenvalue weighted by Gasteiger charge is -2.02. The second kappa shape index (κ2) is 5.86. The van der Waals surface area contributed by atoms with Crippen LogP contribution in [0.25, 0.3) is 6.08 Å². The molecule has 0 fully saturated rings. The number of rotatable bonds is 4. The molecule has 0 heterocycles. The highest BCUT2D eigenvalue weighted by atomic mass is 32.2. The van der Waals surface area contributed by atoms with Gasteiger partial charge in [0.2, 0.25) is 0 Å². The van der Waals surface area contributed by atoms with Gasteiger partial charge in [0.15, 0.2) is 0 Å². The summed E-state index contributed by atoms with van der Waals surface area (Å²) in [5.74, 6) is 0.135. The first-order valence-electron chi connectivity index (χ1n) is 4.69. The van der Waals surface area contributed by atoms with Crippen molar-refractivity contribution < 1.29 is 22.1 Å². The lowest BCUT2D eigenvalue weighted by Crippen LogP contribution is -2.17. The Morgan fingerprint density at radius 2 is 1.88 bits per heavy atom. The van der Waals surface area contributed by atoms with Gasteiger partial charge in [0, 0.05) is 0 Å². The zero-order chi connectivity index (χ0) is 12.9. The third-order valence-corrected chi connectivity index (χ3v) is 2.94. The molecule has 0 aromatic heterocycles. The molecule has 0 N–H and O–H groups in total. The molecule has 17 heavy (non-hydrogen) atoms. The normalized spacial score (nSPS) is 13.9. The van der Waals surface area contributed by atoms with Gasteiger partial charge in [-0.15, -0.1) is 0 Å². The Labute approximate surface area is 99.6 Å². The Morgan fingerprint density at radius 1 is 1.29 bits per heavy atom. The van der Waals surface area contributed by atoms with Gasteiger partial charge < -0.3 is 4.74 Å². The van der Waals surface area contributed by atoms with Crippen LogP contribution >= 0.6 is 0 Å². The van der Waals surface area contributed by atoms with Gasteiger partial charge in [-0.2, -0.15) is 13.2 Å². The van der Waals surface area contributed by atoms with Crippen LogP contribution < -0.4 is 4.74 Å². The van der Waals surface area contributed by atoms with Crippen LogP contribution in [0.15, 0.2) is 30.3 Å². The first-order chi connectivity index (χ1) is 7.93. The highest BCUT2D eigenvalue weighted by molar-refractivity contribution is 7.86. The maximum atomic E-state index is 11.9. The molecular weight excluding hydrogens is 253 g/mol. The molecule has 1 rings (SSSR count). The second-order valence-corrected chi connectivity index (χ2v) is 4.62. The molecule has 1 unspecified atom stereocenters. The van der Waals surface area contributed by atoms with Gasteiger partial charge in [0.25, 0.3) is 0 Å². The molecule has 2 nitrogen and oxygen atoms in total. The molecule has 0 aliphatic rings. The Balaban J connectivity index is 2.56. The first-order valence-corrected chi connectivity index (χ1v) is 6.01. The highest BCUT2D eigenvalue weighted by Gasteiger charge is 2.35. The summed E-state index contributed by atoms with van der Waals surface area (Å²) in [4.78, 5) is 0. The number of hydrogen-bond donors (Lipinski definition) is 0. The standard InChI is InChI=1S/C11H11F3O2S/c1-16-10-6-4-9(5-7-10)3-2-8-17(15)11(12,13)14/h2-7H,8H2,1H3/b3-2+. The predicted octanol–water partition coefficient (Wildman–Crippen LogP) is 2.98. The van der Waals surface area contributed by atoms with Crippen molar-refractivity contribution in [3.8, 4) is 5.75 Å². The monoisotopic (exact) mass is 264 g/mol. The van der Waals surface area contributed by atoms with Crippen LogP contribution in [-0.4, -0.2) is 22.6 Å². The molecule has 0 amide bonds. The Kier molecular flexibility index (Phi) is 4.74. The smallest absolute Gasteiger partial charge is 0.471 e. The molecule has 0 spiro atoms. The predicted molar refractivity (Wildman–Crippen MR) is 61.1 cm³/mol. The number of ether oxygens (including phenoxy) is 1. The van der Waals surface area contributed by atoms with Crippen LogP contribution in [0.3, 0.4) is 0 Å². The summed E-state index contributed by atoms with van der Waals surface area (Å²) in [5, 5.41) is 0. The molecule has 0 aliphatic carbocycles. The molecular formula is C11H11F3O2S. The van der Waals surface area contributed by atoms with Crippen LogP contribution in [0, 0.1) is 0 Å². The SMILES string of the molecule is COc1ccc(/C=C/CS(=O)C(F)(F)F)cc1. The zero-order valence-electron chi connectivity index (χ0n) is 9.03. The van der Waals surface area contributed by atoms with Crippen molar-refractivity contribution >= 4 is 16.9 Å². The molecule has 94 valence electrons. The highest BCUT2D eigenvalue weighted by Crippen LogP contribution is 2.20. The Bertz CT molecular complexity index is 410. The molecule has 0 bridgehead atoms. The van der Waals surface area contributed by atoms with Crippen molar-refractivity contribution in [2.45, 2.75) is 5.51 Å². The summed E-state index contributed by atoms with van der Waals surface area (Å²) in [6.45, 7) is 0. The summed E-state index contributed by atoms with van der Waals surface area (Å²) < 4.78 is 51.4. The fourth-order valence-corrected chi connectivity index (χ4v) is 1.54. The minimum absolute atomic E-state index is 0.532. The van der Waals surface area contributed by atoms with E-state index in [1.165, 1.54) is 19.3 Å². The van der Waals surface area contributed by atoms with Gasteiger partial charge in [0.05, 0.1) is 12.9 Å². The molecule has 1 aromatic carbocycles. The van der Waals surface area contributed by atoms with E-state index in [1.54, 1.807) is 24.3 Å². The van der Waals surface area contributed by atoms with E-state index in [-0.39, 0.29) is 0 Å². The molecule has 6 heteroatoms. The largest absolute Gasteiger partial charge is 0.497 e. The average Bonchev–Trinajstić information content (AvgIpc) is 2.28. The van der Waals surface area contributed by atoms with E-state index in [4.69, 9.17) is 4.74 Å². The molecule has 0 saturated carbocycles. The topological polar surface area (TPSA) is 26.3 Å². The Morgan fingerprint density at radius 3 is 2.35 bits per heavy atom. The van der Waals surface area contributed by atoms with Crippen molar-refractivity contribution in [2.24, 2.45) is 0 Å². The fourth-order valence-electron chi connectivity index (χ4n) is 1.08. The van der Waals surface area contributed by atoms with E-state index in [9.17, 15) is 17.4 Å². The molecule has 1 aromatic rings.